The summed E-state index contributed by atoms with van der Waals surface area (Å²) in [5, 5.41) is 5.52. The number of para-hydroxylation sites is 1. The lowest BCUT2D eigenvalue weighted by molar-refractivity contribution is -0.128. The average Bonchev–Trinajstić information content (AvgIpc) is 2.72. The van der Waals surface area contributed by atoms with E-state index in [0.29, 0.717) is 24.2 Å². The number of hydrogen-bond donors (Lipinski definition) is 0. The summed E-state index contributed by atoms with van der Waals surface area (Å²) in [6, 6.07) is 9.13. The van der Waals surface area contributed by atoms with Crippen LogP contribution in [0.2, 0.25) is 0 Å². The van der Waals surface area contributed by atoms with Gasteiger partial charge in [-0.3, -0.25) is 9.59 Å². The molecule has 0 aromatic heterocycles. The minimum Gasteiger partial charge on any atom is -0.298 e. The van der Waals surface area contributed by atoms with Crippen LogP contribution in [0.4, 0.5) is 5.69 Å². The van der Waals surface area contributed by atoms with E-state index < -0.39 is 5.92 Å². The van der Waals surface area contributed by atoms with E-state index in [4.69, 9.17) is 0 Å². The molecule has 0 fully saturated rings. The summed E-state index contributed by atoms with van der Waals surface area (Å²) in [5.41, 5.74) is 1.24. The van der Waals surface area contributed by atoms with Crippen molar-refractivity contribution in [2.45, 2.75) is 19.8 Å². The van der Waals surface area contributed by atoms with Crippen molar-refractivity contribution in [1.82, 2.24) is 0 Å². The first kappa shape index (κ1) is 13.2. The molecule has 1 amide bonds. The molecular weight excluding hydrogens is 240 g/mol. The third-order valence-corrected chi connectivity index (χ3v) is 3.05. The van der Waals surface area contributed by atoms with Gasteiger partial charge in [0.2, 0.25) is 0 Å². The molecule has 1 aromatic rings. The fraction of sp³-hybridized carbons (Fsp3) is 0.267. The van der Waals surface area contributed by atoms with Gasteiger partial charge in [0.25, 0.3) is 5.91 Å². The van der Waals surface area contributed by atoms with Crippen molar-refractivity contribution in [2.24, 2.45) is 11.0 Å². The Morgan fingerprint density at radius 1 is 1.42 bits per heavy atom. The Morgan fingerprint density at radius 3 is 2.74 bits per heavy atom. The second-order valence-corrected chi connectivity index (χ2v) is 4.45. The van der Waals surface area contributed by atoms with Crippen molar-refractivity contribution in [2.75, 3.05) is 5.01 Å². The molecule has 0 bridgehead atoms. The minimum atomic E-state index is -0.736. The summed E-state index contributed by atoms with van der Waals surface area (Å²) in [7, 11) is 0. The zero-order valence-corrected chi connectivity index (χ0v) is 10.9. The van der Waals surface area contributed by atoms with Crippen LogP contribution in [0.5, 0.6) is 0 Å². The highest BCUT2D eigenvalue weighted by molar-refractivity contribution is 6.27. The predicted octanol–water partition coefficient (Wildman–Crippen LogP) is 2.56. The van der Waals surface area contributed by atoms with Gasteiger partial charge < -0.3 is 0 Å². The van der Waals surface area contributed by atoms with E-state index in [1.165, 1.54) is 5.01 Å². The van der Waals surface area contributed by atoms with Crippen molar-refractivity contribution in [1.29, 1.82) is 0 Å². The number of ketones is 1. The molecule has 4 nitrogen and oxygen atoms in total. The number of allylic oxidation sites excluding steroid dienone is 1. The van der Waals surface area contributed by atoms with Crippen molar-refractivity contribution in [3.05, 3.63) is 43.0 Å². The minimum absolute atomic E-state index is 0.0930. The van der Waals surface area contributed by atoms with Crippen LogP contribution in [0, 0.1) is 5.92 Å². The van der Waals surface area contributed by atoms with E-state index in [1.54, 1.807) is 25.1 Å². The number of benzene rings is 1. The van der Waals surface area contributed by atoms with Crippen molar-refractivity contribution in [3.8, 4) is 0 Å². The highest BCUT2D eigenvalue weighted by Crippen LogP contribution is 2.24. The number of hydrogen-bond acceptors (Lipinski definition) is 3. The van der Waals surface area contributed by atoms with Gasteiger partial charge in [-0.1, -0.05) is 24.3 Å². The Bertz CT molecular complexity index is 534. The number of carbonyl (C=O) groups is 2. The van der Waals surface area contributed by atoms with Gasteiger partial charge in [0.15, 0.2) is 5.78 Å². The van der Waals surface area contributed by atoms with Crippen molar-refractivity contribution >= 4 is 23.1 Å². The largest absolute Gasteiger partial charge is 0.298 e. The van der Waals surface area contributed by atoms with Crippen LogP contribution >= 0.6 is 0 Å². The number of nitrogens with zero attached hydrogens (tertiary/aromatic N) is 2. The topological polar surface area (TPSA) is 49.7 Å². The predicted molar refractivity (Wildman–Crippen MR) is 75.0 cm³/mol. The lowest BCUT2D eigenvalue weighted by Gasteiger charge is -2.13. The summed E-state index contributed by atoms with van der Waals surface area (Å²) in [6.07, 6.45) is 2.59. The summed E-state index contributed by atoms with van der Waals surface area (Å²) in [6.45, 7) is 5.30. The number of anilines is 1. The van der Waals surface area contributed by atoms with E-state index >= 15 is 0 Å². The molecule has 0 spiro atoms. The van der Waals surface area contributed by atoms with Crippen molar-refractivity contribution < 1.29 is 9.59 Å². The van der Waals surface area contributed by atoms with Gasteiger partial charge in [0, 0.05) is 6.42 Å². The molecule has 0 N–H and O–H groups in total. The molecule has 98 valence electrons. The molecule has 0 aliphatic carbocycles. The highest BCUT2D eigenvalue weighted by Gasteiger charge is 2.38. The monoisotopic (exact) mass is 256 g/mol. The Kier molecular flexibility index (Phi) is 3.90. The highest BCUT2D eigenvalue weighted by atomic mass is 16.2. The first-order chi connectivity index (χ1) is 9.15. The molecule has 1 atom stereocenters. The lowest BCUT2D eigenvalue weighted by atomic mass is 9.96. The maximum atomic E-state index is 12.3. The molecule has 2 rings (SSSR count). The normalized spacial score (nSPS) is 18.4. The summed E-state index contributed by atoms with van der Waals surface area (Å²) >= 11 is 0. The van der Waals surface area contributed by atoms with E-state index in [-0.39, 0.29) is 11.7 Å². The second kappa shape index (κ2) is 5.61. The zero-order valence-electron chi connectivity index (χ0n) is 10.9. The van der Waals surface area contributed by atoms with Crippen LogP contribution in [-0.4, -0.2) is 17.4 Å². The van der Waals surface area contributed by atoms with Gasteiger partial charge in [0.1, 0.15) is 5.92 Å². The first-order valence-corrected chi connectivity index (χ1v) is 6.23. The van der Waals surface area contributed by atoms with Crippen molar-refractivity contribution in [3.63, 3.8) is 0 Å². The third-order valence-electron chi connectivity index (χ3n) is 3.05. The summed E-state index contributed by atoms with van der Waals surface area (Å²) < 4.78 is 0. The number of rotatable bonds is 5. The second-order valence-electron chi connectivity index (χ2n) is 4.45. The van der Waals surface area contributed by atoms with Gasteiger partial charge >= 0.3 is 0 Å². The Labute approximate surface area is 112 Å². The van der Waals surface area contributed by atoms with Crippen LogP contribution in [0.3, 0.4) is 0 Å². The standard InChI is InChI=1S/C15H16N2O2/c1-3-4-10-13(18)14-11(2)16-17(15(14)19)12-8-6-5-7-9-12/h3,5-9,14H,1,4,10H2,2H3. The number of carbonyl (C=O) groups excluding carboxylic acids is 2. The smallest absolute Gasteiger partial charge is 0.263 e. The SMILES string of the molecule is C=CCCC(=O)C1C(=O)N(c2ccccc2)N=C1C. The summed E-state index contributed by atoms with van der Waals surface area (Å²) in [5.74, 6) is -1.09. The molecule has 1 heterocycles. The van der Waals surface area contributed by atoms with Crippen LogP contribution in [0.25, 0.3) is 0 Å². The molecule has 1 unspecified atom stereocenters. The first-order valence-electron chi connectivity index (χ1n) is 6.23. The number of hydrazone groups is 1. The quantitative estimate of drug-likeness (QED) is 0.600. The van der Waals surface area contributed by atoms with Crippen LogP contribution in [0.15, 0.2) is 48.1 Å². The third kappa shape index (κ3) is 2.62. The van der Waals surface area contributed by atoms with Gasteiger partial charge in [-0.25, -0.2) is 0 Å². The molecule has 0 radical (unpaired) electrons. The lowest BCUT2D eigenvalue weighted by Crippen LogP contribution is -2.32. The Morgan fingerprint density at radius 2 is 2.11 bits per heavy atom. The van der Waals surface area contributed by atoms with Gasteiger partial charge in [-0.2, -0.15) is 10.1 Å². The van der Waals surface area contributed by atoms with Gasteiger partial charge in [0.05, 0.1) is 11.4 Å². The fourth-order valence-electron chi connectivity index (χ4n) is 2.08. The Hall–Kier alpha value is -2.23. The van der Waals surface area contributed by atoms with E-state index in [2.05, 4.69) is 11.7 Å². The average molecular weight is 256 g/mol. The summed E-state index contributed by atoms with van der Waals surface area (Å²) in [4.78, 5) is 24.3. The molecule has 19 heavy (non-hydrogen) atoms. The van der Waals surface area contributed by atoms with Crippen LogP contribution < -0.4 is 5.01 Å². The molecule has 1 aliphatic rings. The molecule has 0 saturated heterocycles. The van der Waals surface area contributed by atoms with Gasteiger partial charge in [-0.15, -0.1) is 6.58 Å². The molecular formula is C15H16N2O2. The van der Waals surface area contributed by atoms with E-state index in [9.17, 15) is 9.59 Å². The van der Waals surface area contributed by atoms with Gasteiger partial charge in [-0.05, 0) is 25.5 Å². The number of amides is 1. The molecule has 0 saturated carbocycles. The van der Waals surface area contributed by atoms with Crippen LogP contribution in [0.1, 0.15) is 19.8 Å². The zero-order chi connectivity index (χ0) is 13.8. The molecule has 4 heteroatoms. The number of Topliss-reactive ketones (excluding diaryl/α,β-unsaturated/α-hetero) is 1. The molecule has 1 aromatic carbocycles. The Balaban J connectivity index is 2.19. The maximum Gasteiger partial charge on any atom is 0.263 e. The van der Waals surface area contributed by atoms with E-state index in [1.807, 2.05) is 18.2 Å². The van der Waals surface area contributed by atoms with Crippen LogP contribution in [-0.2, 0) is 9.59 Å². The maximum absolute atomic E-state index is 12.3. The fourth-order valence-corrected chi connectivity index (χ4v) is 2.08. The van der Waals surface area contributed by atoms with E-state index in [0.717, 1.165) is 0 Å². The molecule has 1 aliphatic heterocycles.